The van der Waals surface area contributed by atoms with Gasteiger partial charge in [-0.05, 0) is 60.3 Å². The van der Waals surface area contributed by atoms with Crippen LogP contribution in [0.1, 0.15) is 40.0 Å². The van der Waals surface area contributed by atoms with Crippen LogP contribution in [0, 0.1) is 0 Å². The fourth-order valence-electron chi connectivity index (χ4n) is 2.26. The van der Waals surface area contributed by atoms with Crippen LogP contribution < -0.4 is 5.73 Å². The fraction of sp³-hybridized carbons (Fsp3) is 1.00. The van der Waals surface area contributed by atoms with E-state index in [-0.39, 0.29) is 0 Å². The van der Waals surface area contributed by atoms with Crippen molar-refractivity contribution in [3.63, 3.8) is 0 Å². The van der Waals surface area contributed by atoms with Crippen molar-refractivity contribution >= 4 is 0 Å². The molecule has 4 heteroatoms. The van der Waals surface area contributed by atoms with Gasteiger partial charge in [-0.15, -0.1) is 0 Å². The Hall–Kier alpha value is -0.160. The Balaban J connectivity index is 3.87. The predicted molar refractivity (Wildman–Crippen MR) is 78.8 cm³/mol. The Kier molecular flexibility index (Phi) is 8.78. The number of aliphatic hydroxyl groups is 1. The molecule has 0 heterocycles. The quantitative estimate of drug-likeness (QED) is 0.578. The van der Waals surface area contributed by atoms with Crippen LogP contribution in [-0.2, 0) is 0 Å². The highest BCUT2D eigenvalue weighted by Crippen LogP contribution is 2.12. The van der Waals surface area contributed by atoms with E-state index in [1.807, 2.05) is 6.92 Å². The van der Waals surface area contributed by atoms with Gasteiger partial charge in [-0.3, -0.25) is 4.90 Å². The van der Waals surface area contributed by atoms with E-state index in [0.717, 1.165) is 38.9 Å². The van der Waals surface area contributed by atoms with E-state index >= 15 is 0 Å². The molecule has 0 aromatic heterocycles. The number of rotatable bonds is 10. The Morgan fingerprint density at radius 2 is 1.89 bits per heavy atom. The molecule has 4 nitrogen and oxygen atoms in total. The first-order valence-corrected chi connectivity index (χ1v) is 7.13. The molecule has 0 saturated heterocycles. The van der Waals surface area contributed by atoms with E-state index in [9.17, 15) is 5.11 Å². The second kappa shape index (κ2) is 8.86. The summed E-state index contributed by atoms with van der Waals surface area (Å²) in [4.78, 5) is 4.73. The zero-order valence-corrected chi connectivity index (χ0v) is 12.9. The van der Waals surface area contributed by atoms with E-state index in [0.29, 0.717) is 12.6 Å². The lowest BCUT2D eigenvalue weighted by atomic mass is 9.99. The first kappa shape index (κ1) is 17.8. The van der Waals surface area contributed by atoms with Gasteiger partial charge in [0.15, 0.2) is 0 Å². The number of nitrogens with two attached hydrogens (primary N) is 1. The zero-order valence-electron chi connectivity index (χ0n) is 12.9. The fourth-order valence-corrected chi connectivity index (χ4v) is 2.26. The summed E-state index contributed by atoms with van der Waals surface area (Å²) in [6.07, 6.45) is 2.96. The van der Waals surface area contributed by atoms with Gasteiger partial charge in [0.25, 0.3) is 0 Å². The molecule has 2 unspecified atom stereocenters. The predicted octanol–water partition coefficient (Wildman–Crippen LogP) is 1.14. The summed E-state index contributed by atoms with van der Waals surface area (Å²) in [5.41, 5.74) is 4.82. The molecule has 0 rings (SSSR count). The van der Waals surface area contributed by atoms with Gasteiger partial charge >= 0.3 is 0 Å². The molecule has 0 aliphatic heterocycles. The molecule has 18 heavy (non-hydrogen) atoms. The second-order valence-electron chi connectivity index (χ2n) is 5.90. The van der Waals surface area contributed by atoms with Gasteiger partial charge in [0.05, 0.1) is 5.60 Å². The Morgan fingerprint density at radius 1 is 1.28 bits per heavy atom. The average molecular weight is 259 g/mol. The standard InChI is InChI=1S/C14H33N3O/c1-6-17(13(2)11-16(4)5)10-8-7-9-14(3,18)12-15/h13,18H,6-12,15H2,1-5H3. The summed E-state index contributed by atoms with van der Waals surface area (Å²) in [7, 11) is 4.23. The van der Waals surface area contributed by atoms with Crippen molar-refractivity contribution in [2.24, 2.45) is 5.73 Å². The van der Waals surface area contributed by atoms with Crippen molar-refractivity contribution in [2.75, 3.05) is 40.3 Å². The highest BCUT2D eigenvalue weighted by molar-refractivity contribution is 4.74. The molecule has 110 valence electrons. The maximum atomic E-state index is 9.83. The molecule has 0 spiro atoms. The molecule has 0 aromatic carbocycles. The van der Waals surface area contributed by atoms with Crippen LogP contribution in [-0.4, -0.2) is 66.8 Å². The van der Waals surface area contributed by atoms with Crippen molar-refractivity contribution in [3.8, 4) is 0 Å². The molecule has 0 radical (unpaired) electrons. The lowest BCUT2D eigenvalue weighted by Crippen LogP contribution is -2.40. The minimum absolute atomic E-state index is 0.349. The van der Waals surface area contributed by atoms with E-state index in [2.05, 4.69) is 37.7 Å². The van der Waals surface area contributed by atoms with Gasteiger partial charge in [0, 0.05) is 19.1 Å². The molecule has 3 N–H and O–H groups in total. The van der Waals surface area contributed by atoms with Crippen molar-refractivity contribution in [3.05, 3.63) is 0 Å². The van der Waals surface area contributed by atoms with Crippen LogP contribution in [0.15, 0.2) is 0 Å². The minimum atomic E-state index is -0.688. The Bertz CT molecular complexity index is 207. The van der Waals surface area contributed by atoms with E-state index in [1.54, 1.807) is 0 Å². The Morgan fingerprint density at radius 3 is 2.33 bits per heavy atom. The number of hydrogen-bond acceptors (Lipinski definition) is 4. The minimum Gasteiger partial charge on any atom is -0.389 e. The van der Waals surface area contributed by atoms with Crippen molar-refractivity contribution < 1.29 is 5.11 Å². The lowest BCUT2D eigenvalue weighted by Gasteiger charge is -2.30. The maximum absolute atomic E-state index is 9.83. The van der Waals surface area contributed by atoms with Crippen molar-refractivity contribution in [2.45, 2.75) is 51.7 Å². The summed E-state index contributed by atoms with van der Waals surface area (Å²) in [5, 5.41) is 9.83. The van der Waals surface area contributed by atoms with Crippen molar-refractivity contribution in [1.82, 2.24) is 9.80 Å². The summed E-state index contributed by atoms with van der Waals surface area (Å²) in [5.74, 6) is 0. The third-order valence-electron chi connectivity index (χ3n) is 3.51. The van der Waals surface area contributed by atoms with Gasteiger partial charge < -0.3 is 15.7 Å². The maximum Gasteiger partial charge on any atom is 0.0741 e. The highest BCUT2D eigenvalue weighted by atomic mass is 16.3. The summed E-state index contributed by atoms with van der Waals surface area (Å²) in [6, 6.07) is 0.583. The van der Waals surface area contributed by atoms with E-state index in [4.69, 9.17) is 5.73 Å². The van der Waals surface area contributed by atoms with E-state index < -0.39 is 5.60 Å². The number of unbranched alkanes of at least 4 members (excludes halogenated alkanes) is 1. The topological polar surface area (TPSA) is 52.7 Å². The average Bonchev–Trinajstić information content (AvgIpc) is 2.28. The molecule has 0 aliphatic carbocycles. The highest BCUT2D eigenvalue weighted by Gasteiger charge is 2.18. The number of nitrogens with zero attached hydrogens (tertiary/aromatic N) is 2. The molecule has 0 amide bonds. The Labute approximate surface area is 113 Å². The zero-order chi connectivity index (χ0) is 14.2. The number of hydrogen-bond donors (Lipinski definition) is 2. The van der Waals surface area contributed by atoms with Gasteiger partial charge in [0.1, 0.15) is 0 Å². The van der Waals surface area contributed by atoms with Crippen LogP contribution >= 0.6 is 0 Å². The third kappa shape index (κ3) is 8.03. The summed E-state index contributed by atoms with van der Waals surface area (Å²) < 4.78 is 0. The van der Waals surface area contributed by atoms with Gasteiger partial charge in [-0.25, -0.2) is 0 Å². The van der Waals surface area contributed by atoms with Gasteiger partial charge in [-0.1, -0.05) is 6.92 Å². The smallest absolute Gasteiger partial charge is 0.0741 e. The molecular weight excluding hydrogens is 226 g/mol. The third-order valence-corrected chi connectivity index (χ3v) is 3.51. The molecule has 0 bridgehead atoms. The molecule has 0 aliphatic rings. The summed E-state index contributed by atoms with van der Waals surface area (Å²) >= 11 is 0. The lowest BCUT2D eigenvalue weighted by molar-refractivity contribution is 0.0558. The monoisotopic (exact) mass is 259 g/mol. The van der Waals surface area contributed by atoms with Crippen LogP contribution in [0.3, 0.4) is 0 Å². The molecule has 0 aromatic rings. The SMILES string of the molecule is CCN(CCCCC(C)(O)CN)C(C)CN(C)C. The van der Waals surface area contributed by atoms with Crippen LogP contribution in [0.5, 0.6) is 0 Å². The molecular formula is C14H33N3O. The molecule has 0 fully saturated rings. The second-order valence-corrected chi connectivity index (χ2v) is 5.90. The largest absolute Gasteiger partial charge is 0.389 e. The van der Waals surface area contributed by atoms with Crippen LogP contribution in [0.4, 0.5) is 0 Å². The molecule has 0 saturated carbocycles. The molecule has 2 atom stereocenters. The van der Waals surface area contributed by atoms with Gasteiger partial charge in [-0.2, -0.15) is 0 Å². The first-order chi connectivity index (χ1) is 8.32. The summed E-state index contributed by atoms with van der Waals surface area (Å²) in [6.45, 7) is 9.94. The van der Waals surface area contributed by atoms with Gasteiger partial charge in [0.2, 0.25) is 0 Å². The number of likely N-dealkylation sites (N-methyl/N-ethyl adjacent to an activating group) is 2. The first-order valence-electron chi connectivity index (χ1n) is 7.13. The van der Waals surface area contributed by atoms with Crippen molar-refractivity contribution in [1.29, 1.82) is 0 Å². The van der Waals surface area contributed by atoms with Crippen LogP contribution in [0.25, 0.3) is 0 Å². The van der Waals surface area contributed by atoms with Crippen LogP contribution in [0.2, 0.25) is 0 Å². The normalized spacial score (nSPS) is 17.2. The van der Waals surface area contributed by atoms with E-state index in [1.165, 1.54) is 0 Å².